The number of halogens is 1. The zero-order valence-electron chi connectivity index (χ0n) is 10.4. The molecule has 1 N–H and O–H groups in total. The Kier molecular flexibility index (Phi) is 4.33. The number of nitrogens with one attached hydrogen (secondary N) is 1. The quantitative estimate of drug-likeness (QED) is 0.894. The fourth-order valence-corrected chi connectivity index (χ4v) is 2.91. The minimum atomic E-state index is -0.159. The first kappa shape index (κ1) is 13.1. The van der Waals surface area contributed by atoms with Crippen molar-refractivity contribution in [3.8, 4) is 5.75 Å². The molecule has 0 amide bonds. The maximum atomic E-state index is 13.7. The fraction of sp³-hybridized carbons (Fsp3) is 0.286. The zero-order valence-corrected chi connectivity index (χ0v) is 11.3. The van der Waals surface area contributed by atoms with Crippen LogP contribution in [-0.2, 0) is 6.42 Å². The Balaban J connectivity index is 2.23. The molecular formula is C14H16FNOS. The van der Waals surface area contributed by atoms with E-state index in [0.717, 1.165) is 10.6 Å². The van der Waals surface area contributed by atoms with E-state index in [4.69, 9.17) is 4.74 Å². The third kappa shape index (κ3) is 2.71. The monoisotopic (exact) mass is 265 g/mol. The van der Waals surface area contributed by atoms with Crippen molar-refractivity contribution in [2.24, 2.45) is 0 Å². The second kappa shape index (κ2) is 5.98. The van der Waals surface area contributed by atoms with Gasteiger partial charge in [-0.15, -0.1) is 11.3 Å². The molecule has 2 nitrogen and oxygen atoms in total. The number of likely N-dealkylation sites (N-methyl/N-ethyl adjacent to an activating group) is 1. The van der Waals surface area contributed by atoms with Crippen LogP contribution in [0.15, 0.2) is 35.7 Å². The summed E-state index contributed by atoms with van der Waals surface area (Å²) < 4.78 is 19.0. The Bertz CT molecular complexity index is 512. The van der Waals surface area contributed by atoms with E-state index in [1.54, 1.807) is 24.5 Å². The lowest BCUT2D eigenvalue weighted by Crippen LogP contribution is -2.18. The van der Waals surface area contributed by atoms with Crippen molar-refractivity contribution < 1.29 is 9.13 Å². The molecule has 0 radical (unpaired) electrons. The maximum absolute atomic E-state index is 13.7. The highest BCUT2D eigenvalue weighted by Gasteiger charge is 2.17. The SMILES string of the molecule is CNC(Cc1ccccc1F)c1sccc1OC. The molecule has 0 aliphatic rings. The van der Waals surface area contributed by atoms with Gasteiger partial charge in [0.05, 0.1) is 12.0 Å². The number of hydrogen-bond donors (Lipinski definition) is 1. The molecule has 0 saturated carbocycles. The van der Waals surface area contributed by atoms with Crippen LogP contribution in [0.2, 0.25) is 0 Å². The van der Waals surface area contributed by atoms with E-state index in [9.17, 15) is 4.39 Å². The molecule has 0 saturated heterocycles. The molecule has 1 unspecified atom stereocenters. The molecule has 1 atom stereocenters. The first-order valence-corrected chi connectivity index (χ1v) is 6.66. The van der Waals surface area contributed by atoms with Gasteiger partial charge in [-0.25, -0.2) is 4.39 Å². The van der Waals surface area contributed by atoms with Crippen molar-refractivity contribution in [1.29, 1.82) is 0 Å². The predicted octanol–water partition coefficient (Wildman–Crippen LogP) is 3.40. The van der Waals surface area contributed by atoms with Crippen LogP contribution in [0.25, 0.3) is 0 Å². The number of methoxy groups -OCH3 is 1. The third-order valence-electron chi connectivity index (χ3n) is 2.92. The summed E-state index contributed by atoms with van der Waals surface area (Å²) in [4.78, 5) is 1.10. The first-order chi connectivity index (χ1) is 8.76. The summed E-state index contributed by atoms with van der Waals surface area (Å²) in [6.07, 6.45) is 0.611. The summed E-state index contributed by atoms with van der Waals surface area (Å²) in [5.41, 5.74) is 0.715. The van der Waals surface area contributed by atoms with Crippen molar-refractivity contribution >= 4 is 11.3 Å². The minimum absolute atomic E-state index is 0.0665. The van der Waals surface area contributed by atoms with E-state index in [1.165, 1.54) is 6.07 Å². The Labute approximate surface area is 110 Å². The second-order valence-corrected chi connectivity index (χ2v) is 4.94. The van der Waals surface area contributed by atoms with Gasteiger partial charge in [0.1, 0.15) is 11.6 Å². The highest BCUT2D eigenvalue weighted by molar-refractivity contribution is 7.10. The van der Waals surface area contributed by atoms with Gasteiger partial charge in [0.15, 0.2) is 0 Å². The summed E-state index contributed by atoms with van der Waals surface area (Å²) in [6, 6.07) is 8.88. The average molecular weight is 265 g/mol. The van der Waals surface area contributed by atoms with Gasteiger partial charge in [-0.05, 0) is 36.5 Å². The van der Waals surface area contributed by atoms with Gasteiger partial charge >= 0.3 is 0 Å². The lowest BCUT2D eigenvalue weighted by molar-refractivity contribution is 0.404. The van der Waals surface area contributed by atoms with Crippen molar-refractivity contribution in [3.05, 3.63) is 52.0 Å². The Morgan fingerprint density at radius 1 is 1.33 bits per heavy atom. The van der Waals surface area contributed by atoms with Gasteiger partial charge in [0.2, 0.25) is 0 Å². The van der Waals surface area contributed by atoms with Crippen LogP contribution >= 0.6 is 11.3 Å². The van der Waals surface area contributed by atoms with Gasteiger partial charge < -0.3 is 10.1 Å². The van der Waals surface area contributed by atoms with Gasteiger partial charge in [0, 0.05) is 6.04 Å². The maximum Gasteiger partial charge on any atom is 0.134 e. The van der Waals surface area contributed by atoms with Crippen LogP contribution in [0.4, 0.5) is 4.39 Å². The van der Waals surface area contributed by atoms with Crippen LogP contribution in [0.5, 0.6) is 5.75 Å². The Morgan fingerprint density at radius 2 is 2.11 bits per heavy atom. The highest BCUT2D eigenvalue weighted by atomic mass is 32.1. The lowest BCUT2D eigenvalue weighted by atomic mass is 10.0. The molecule has 0 aliphatic carbocycles. The minimum Gasteiger partial charge on any atom is -0.496 e. The molecule has 1 aromatic heterocycles. The van der Waals surface area contributed by atoms with E-state index in [2.05, 4.69) is 5.32 Å². The molecule has 0 bridgehead atoms. The van der Waals surface area contributed by atoms with Crippen molar-refractivity contribution in [2.45, 2.75) is 12.5 Å². The van der Waals surface area contributed by atoms with Crippen LogP contribution in [0.3, 0.4) is 0 Å². The van der Waals surface area contributed by atoms with E-state index in [0.29, 0.717) is 12.0 Å². The molecule has 18 heavy (non-hydrogen) atoms. The molecule has 2 rings (SSSR count). The fourth-order valence-electron chi connectivity index (χ4n) is 1.94. The molecule has 1 aromatic carbocycles. The summed E-state index contributed by atoms with van der Waals surface area (Å²) in [7, 11) is 3.53. The normalized spacial score (nSPS) is 12.4. The van der Waals surface area contributed by atoms with Gasteiger partial charge in [-0.1, -0.05) is 18.2 Å². The standard InChI is InChI=1S/C14H16FNOS/c1-16-12(14-13(17-2)7-8-18-14)9-10-5-3-4-6-11(10)15/h3-8,12,16H,9H2,1-2H3. The first-order valence-electron chi connectivity index (χ1n) is 5.78. The topological polar surface area (TPSA) is 21.3 Å². The summed E-state index contributed by atoms with van der Waals surface area (Å²) in [5, 5.41) is 5.20. The zero-order chi connectivity index (χ0) is 13.0. The number of rotatable bonds is 5. The molecule has 2 aromatic rings. The smallest absolute Gasteiger partial charge is 0.134 e. The number of hydrogen-bond acceptors (Lipinski definition) is 3. The molecule has 96 valence electrons. The lowest BCUT2D eigenvalue weighted by Gasteiger charge is -2.16. The predicted molar refractivity (Wildman–Crippen MR) is 72.8 cm³/mol. The van der Waals surface area contributed by atoms with E-state index in [1.807, 2.05) is 30.6 Å². The summed E-state index contributed by atoms with van der Waals surface area (Å²) in [5.74, 6) is 0.698. The molecule has 4 heteroatoms. The average Bonchev–Trinajstić information content (AvgIpc) is 2.86. The van der Waals surface area contributed by atoms with Crippen molar-refractivity contribution in [1.82, 2.24) is 5.32 Å². The van der Waals surface area contributed by atoms with Crippen LogP contribution < -0.4 is 10.1 Å². The van der Waals surface area contributed by atoms with Crippen LogP contribution in [0.1, 0.15) is 16.5 Å². The molecule has 0 aliphatic heterocycles. The van der Waals surface area contributed by atoms with E-state index >= 15 is 0 Å². The molecule has 0 fully saturated rings. The largest absolute Gasteiger partial charge is 0.496 e. The Morgan fingerprint density at radius 3 is 2.78 bits per heavy atom. The molecular weight excluding hydrogens is 249 g/mol. The van der Waals surface area contributed by atoms with Crippen LogP contribution in [0, 0.1) is 5.82 Å². The van der Waals surface area contributed by atoms with Gasteiger partial charge in [0.25, 0.3) is 0 Å². The molecule has 0 spiro atoms. The summed E-state index contributed by atoms with van der Waals surface area (Å²) >= 11 is 1.62. The number of thiophene rings is 1. The third-order valence-corrected chi connectivity index (χ3v) is 3.94. The van der Waals surface area contributed by atoms with E-state index in [-0.39, 0.29) is 11.9 Å². The van der Waals surface area contributed by atoms with Crippen molar-refractivity contribution in [3.63, 3.8) is 0 Å². The number of ether oxygens (including phenoxy) is 1. The molecule has 1 heterocycles. The summed E-state index contributed by atoms with van der Waals surface area (Å²) in [6.45, 7) is 0. The number of benzene rings is 1. The van der Waals surface area contributed by atoms with E-state index < -0.39 is 0 Å². The van der Waals surface area contributed by atoms with Gasteiger partial charge in [-0.3, -0.25) is 0 Å². The van der Waals surface area contributed by atoms with Crippen molar-refractivity contribution in [2.75, 3.05) is 14.2 Å². The second-order valence-electron chi connectivity index (χ2n) is 3.99. The van der Waals surface area contributed by atoms with Gasteiger partial charge in [-0.2, -0.15) is 0 Å². The Hall–Kier alpha value is -1.39. The highest BCUT2D eigenvalue weighted by Crippen LogP contribution is 2.32. The van der Waals surface area contributed by atoms with Crippen LogP contribution in [-0.4, -0.2) is 14.2 Å².